The van der Waals surface area contributed by atoms with E-state index in [0.717, 1.165) is 99.3 Å². The quantitative estimate of drug-likeness (QED) is 0.480. The molecular weight excluding hydrogens is 502 g/mol. The second-order valence-electron chi connectivity index (χ2n) is 9.83. The Labute approximate surface area is 228 Å². The molecule has 4 heterocycles. The number of piperidine rings is 1. The Morgan fingerprint density at radius 3 is 2.68 bits per heavy atom. The Balaban J connectivity index is 0.00000107. The monoisotopic (exact) mass is 539 g/mol. The number of hydrogen-bond donors (Lipinski definition) is 1. The van der Waals surface area contributed by atoms with E-state index in [1.54, 1.807) is 11.3 Å². The van der Waals surface area contributed by atoms with E-state index in [1.165, 1.54) is 10.9 Å². The summed E-state index contributed by atoms with van der Waals surface area (Å²) in [4.78, 5) is 33.3. The molecule has 0 aliphatic carbocycles. The molecule has 2 aliphatic rings. The Morgan fingerprint density at radius 1 is 1.13 bits per heavy atom. The Hall–Kier alpha value is -3.04. The van der Waals surface area contributed by atoms with Crippen LogP contribution in [0.4, 0.5) is 10.8 Å². The summed E-state index contributed by atoms with van der Waals surface area (Å²) in [5.74, 6) is 0.988. The van der Waals surface area contributed by atoms with Crippen LogP contribution in [0, 0.1) is 6.92 Å². The first kappa shape index (κ1) is 28.0. The summed E-state index contributed by atoms with van der Waals surface area (Å²) in [6, 6.07) is 6.36. The van der Waals surface area contributed by atoms with Crippen molar-refractivity contribution in [3.05, 3.63) is 41.0 Å². The largest absolute Gasteiger partial charge is 0.491 e. The molecule has 1 N–H and O–H groups in total. The maximum atomic E-state index is 9.79. The van der Waals surface area contributed by atoms with E-state index >= 15 is 0 Å². The van der Waals surface area contributed by atoms with Gasteiger partial charge < -0.3 is 19.6 Å². The molecule has 0 saturated carbocycles. The van der Waals surface area contributed by atoms with Gasteiger partial charge in [-0.05, 0) is 50.3 Å². The maximum absolute atomic E-state index is 9.79. The summed E-state index contributed by atoms with van der Waals surface area (Å²) in [6.45, 7) is 11.7. The van der Waals surface area contributed by atoms with Gasteiger partial charge in [-0.15, -0.1) is 11.3 Å². The van der Waals surface area contributed by atoms with Gasteiger partial charge in [0.2, 0.25) is 0 Å². The van der Waals surface area contributed by atoms with Crippen molar-refractivity contribution in [2.24, 2.45) is 0 Å². The maximum Gasteiger partial charge on any atom is 0.373 e. The highest BCUT2D eigenvalue weighted by Crippen LogP contribution is 2.39. The van der Waals surface area contributed by atoms with Crippen LogP contribution in [0.25, 0.3) is 10.9 Å². The molecule has 5 rings (SSSR count). The van der Waals surface area contributed by atoms with Crippen LogP contribution in [0.2, 0.25) is 0 Å². The molecule has 38 heavy (non-hydrogen) atoms. The lowest BCUT2D eigenvalue weighted by molar-refractivity contribution is -0.191. The van der Waals surface area contributed by atoms with Crippen molar-refractivity contribution in [2.45, 2.75) is 52.2 Å². The normalized spacial score (nSPS) is 17.0. The van der Waals surface area contributed by atoms with Gasteiger partial charge in [0.25, 0.3) is 0 Å². The van der Waals surface area contributed by atoms with Crippen LogP contribution in [-0.4, -0.2) is 78.1 Å². The number of aliphatic hydroxyl groups excluding tert-OH is 1. The Kier molecular flexibility index (Phi) is 10.1. The van der Waals surface area contributed by atoms with Gasteiger partial charge >= 0.3 is 6.15 Å². The van der Waals surface area contributed by atoms with Crippen molar-refractivity contribution in [1.82, 2.24) is 14.9 Å². The fourth-order valence-corrected chi connectivity index (χ4v) is 6.03. The minimum absolute atomic E-state index is 0.153. The van der Waals surface area contributed by atoms with E-state index < -0.39 is 0 Å². The van der Waals surface area contributed by atoms with Gasteiger partial charge in [-0.1, -0.05) is 13.0 Å². The van der Waals surface area contributed by atoms with Crippen LogP contribution in [0.3, 0.4) is 0 Å². The molecule has 0 amide bonds. The van der Waals surface area contributed by atoms with Crippen LogP contribution in [0.5, 0.6) is 5.75 Å². The number of hydrogen-bond acceptors (Lipinski definition) is 10. The molecule has 0 atom stereocenters. The number of nitrogens with zero attached hydrogens (tertiary/aromatic N) is 5. The number of fused-ring (bicyclic) bond motifs is 1. The van der Waals surface area contributed by atoms with E-state index in [9.17, 15) is 5.11 Å². The Bertz CT molecular complexity index is 1220. The predicted molar refractivity (Wildman–Crippen MR) is 149 cm³/mol. The third-order valence-electron chi connectivity index (χ3n) is 7.02. The van der Waals surface area contributed by atoms with Crippen molar-refractivity contribution < 1.29 is 19.4 Å². The van der Waals surface area contributed by atoms with E-state index in [1.807, 2.05) is 12.3 Å². The third kappa shape index (κ3) is 6.88. The summed E-state index contributed by atoms with van der Waals surface area (Å²) in [6.07, 6.45) is 5.74. The number of anilines is 2. The number of thiazole rings is 1. The van der Waals surface area contributed by atoms with Crippen molar-refractivity contribution in [1.29, 1.82) is 0 Å². The summed E-state index contributed by atoms with van der Waals surface area (Å²) in [7, 11) is 0. The summed E-state index contributed by atoms with van der Waals surface area (Å²) >= 11 is 1.73. The molecular formula is C28H37N5O4S. The minimum Gasteiger partial charge on any atom is -0.491 e. The van der Waals surface area contributed by atoms with Crippen LogP contribution in [0.15, 0.2) is 29.8 Å². The van der Waals surface area contributed by atoms with Crippen molar-refractivity contribution in [3.63, 3.8) is 0 Å². The molecule has 1 aromatic carbocycles. The first-order valence-electron chi connectivity index (χ1n) is 13.4. The van der Waals surface area contributed by atoms with Gasteiger partial charge in [0.15, 0.2) is 5.13 Å². The van der Waals surface area contributed by atoms with Gasteiger partial charge in [-0.25, -0.2) is 4.98 Å². The molecule has 204 valence electrons. The smallest absolute Gasteiger partial charge is 0.373 e. The number of aryl methyl sites for hydroxylation is 1. The summed E-state index contributed by atoms with van der Waals surface area (Å²) in [5, 5.41) is 14.3. The molecule has 2 aromatic heterocycles. The molecule has 0 unspecified atom stereocenters. The highest BCUT2D eigenvalue weighted by Gasteiger charge is 2.24. The topological polar surface area (TPSA) is 99.1 Å². The van der Waals surface area contributed by atoms with Gasteiger partial charge in [-0.2, -0.15) is 9.59 Å². The number of pyridine rings is 1. The lowest BCUT2D eigenvalue weighted by Crippen LogP contribution is -2.35. The number of rotatable bonds is 7. The zero-order valence-corrected chi connectivity index (χ0v) is 23.1. The second kappa shape index (κ2) is 13.7. The molecule has 2 fully saturated rings. The second-order valence-corrected chi connectivity index (χ2v) is 10.7. The highest BCUT2D eigenvalue weighted by atomic mass is 32.1. The van der Waals surface area contributed by atoms with Gasteiger partial charge in [-0.3, -0.25) is 9.88 Å². The van der Waals surface area contributed by atoms with Crippen LogP contribution in [-0.2, 0) is 16.1 Å². The number of benzene rings is 1. The van der Waals surface area contributed by atoms with Crippen LogP contribution < -0.4 is 14.5 Å². The summed E-state index contributed by atoms with van der Waals surface area (Å²) in [5.41, 5.74) is 4.52. The zero-order chi connectivity index (χ0) is 26.9. The molecule has 0 radical (unpaired) electrons. The van der Waals surface area contributed by atoms with Gasteiger partial charge in [0.1, 0.15) is 11.4 Å². The van der Waals surface area contributed by atoms with Crippen LogP contribution in [0.1, 0.15) is 43.9 Å². The summed E-state index contributed by atoms with van der Waals surface area (Å²) < 4.78 is 6.28. The standard InChI is InChI=1S/C27H37N5O2S.CO2/c1-3-16-34-26-20(2)17-21-6-4-9-28-24(21)25(26)31-11-5-10-30(14-15-31)18-22-19-35-27(29-22)32-12-7-23(33)8-13-32;2-1-3/h4,6,9,17,19,23,33H,3,5,7-8,10-16,18H2,1-2H3;. The molecule has 2 aliphatic heterocycles. The lowest BCUT2D eigenvalue weighted by atomic mass is 10.1. The first-order chi connectivity index (χ1) is 18.5. The minimum atomic E-state index is -0.153. The highest BCUT2D eigenvalue weighted by molar-refractivity contribution is 7.13. The predicted octanol–water partition coefficient (Wildman–Crippen LogP) is 3.88. The molecule has 0 bridgehead atoms. The van der Waals surface area contributed by atoms with Crippen molar-refractivity contribution in [2.75, 3.05) is 55.7 Å². The molecule has 0 spiro atoms. The van der Waals surface area contributed by atoms with E-state index in [4.69, 9.17) is 24.3 Å². The molecule has 9 nitrogen and oxygen atoms in total. The Morgan fingerprint density at radius 2 is 1.92 bits per heavy atom. The van der Waals surface area contributed by atoms with Crippen molar-refractivity contribution >= 4 is 39.2 Å². The zero-order valence-electron chi connectivity index (χ0n) is 22.3. The fourth-order valence-electron chi connectivity index (χ4n) is 5.16. The molecule has 3 aromatic rings. The number of aliphatic hydroxyl groups is 1. The van der Waals surface area contributed by atoms with E-state index in [0.29, 0.717) is 6.61 Å². The lowest BCUT2D eigenvalue weighted by Gasteiger charge is -2.29. The number of carbonyl (C=O) groups excluding carboxylic acids is 2. The van der Waals surface area contributed by atoms with Gasteiger partial charge in [0.05, 0.1) is 23.9 Å². The number of aromatic nitrogens is 2. The van der Waals surface area contributed by atoms with E-state index in [-0.39, 0.29) is 12.3 Å². The third-order valence-corrected chi connectivity index (χ3v) is 7.97. The fraction of sp³-hybridized carbons (Fsp3) is 0.536. The number of ether oxygens (including phenoxy) is 1. The van der Waals surface area contributed by atoms with Crippen LogP contribution >= 0.6 is 11.3 Å². The van der Waals surface area contributed by atoms with E-state index in [2.05, 4.69) is 46.1 Å². The van der Waals surface area contributed by atoms with Gasteiger partial charge in [0, 0.05) is 62.8 Å². The SMILES string of the molecule is CCCOc1c(C)cc2cccnc2c1N1CCCN(Cc2csc(N3CCC(O)CC3)n2)CC1.O=C=O. The van der Waals surface area contributed by atoms with Crippen molar-refractivity contribution in [3.8, 4) is 5.75 Å². The first-order valence-corrected chi connectivity index (χ1v) is 14.3. The molecule has 2 saturated heterocycles. The average molecular weight is 540 g/mol. The average Bonchev–Trinajstić information content (AvgIpc) is 3.26. The molecule has 10 heteroatoms.